The van der Waals surface area contributed by atoms with Crippen LogP contribution in [0.25, 0.3) is 0 Å². The topological polar surface area (TPSA) is 87.7 Å². The van der Waals surface area contributed by atoms with Crippen LogP contribution in [0.4, 0.5) is 0 Å². The lowest BCUT2D eigenvalue weighted by Crippen LogP contribution is -2.42. The number of carbonyl (C=O) groups excluding carboxylic acids is 1. The smallest absolute Gasteiger partial charge is 0.332 e. The molecule has 6 nitrogen and oxygen atoms in total. The Bertz CT molecular complexity index is 248. The molecule has 1 aliphatic heterocycles. The first kappa shape index (κ1) is 11.9. The Morgan fingerprint density at radius 3 is 2.80 bits per heavy atom. The van der Waals surface area contributed by atoms with Crippen molar-refractivity contribution in [3.8, 4) is 0 Å². The second kappa shape index (κ2) is 5.09. The van der Waals surface area contributed by atoms with Crippen LogP contribution in [0.1, 0.15) is 19.8 Å². The third-order valence-corrected chi connectivity index (χ3v) is 2.76. The molecule has 1 amide bonds. The summed E-state index contributed by atoms with van der Waals surface area (Å²) >= 11 is 0. The van der Waals surface area contributed by atoms with Crippen LogP contribution >= 0.6 is 0 Å². The molecule has 1 atom stereocenters. The summed E-state index contributed by atoms with van der Waals surface area (Å²) in [5, 5.41) is 11.4. The molecule has 86 valence electrons. The first-order valence-electron chi connectivity index (χ1n) is 4.95. The minimum absolute atomic E-state index is 0.240. The van der Waals surface area contributed by atoms with Gasteiger partial charge in [0.05, 0.1) is 5.41 Å². The van der Waals surface area contributed by atoms with Crippen molar-refractivity contribution in [2.45, 2.75) is 19.8 Å². The number of carbonyl (C=O) groups is 2. The van der Waals surface area contributed by atoms with Gasteiger partial charge in [-0.15, -0.1) is 0 Å². The average Bonchev–Trinajstić information content (AvgIpc) is 2.66. The highest BCUT2D eigenvalue weighted by atomic mass is 16.7. The van der Waals surface area contributed by atoms with E-state index >= 15 is 0 Å². The predicted octanol–water partition coefficient (Wildman–Crippen LogP) is -0.491. The summed E-state index contributed by atoms with van der Waals surface area (Å²) < 4.78 is 0. The Morgan fingerprint density at radius 1 is 1.60 bits per heavy atom. The zero-order valence-electron chi connectivity index (χ0n) is 8.71. The maximum atomic E-state index is 11.7. The second-order valence-corrected chi connectivity index (χ2v) is 3.67. The van der Waals surface area contributed by atoms with E-state index in [1.54, 1.807) is 0 Å². The molecule has 0 radical (unpaired) electrons. The first-order chi connectivity index (χ1) is 7.10. The number of hydrogen-bond donors (Lipinski definition) is 3. The van der Waals surface area contributed by atoms with Crippen molar-refractivity contribution in [1.82, 2.24) is 10.8 Å². The number of carboxylic acids is 1. The van der Waals surface area contributed by atoms with Gasteiger partial charge in [0.25, 0.3) is 5.91 Å². The Hall–Kier alpha value is -1.14. The average molecular weight is 216 g/mol. The van der Waals surface area contributed by atoms with Crippen LogP contribution in [-0.4, -0.2) is 36.7 Å². The standard InChI is InChI=1S/C9H16N2O4/c1-2-9(3-4-10-6-9)8(14)11-15-5-7(12)13/h10H,2-6H2,1H3,(H,11,14)(H,12,13). The molecule has 1 aliphatic rings. The van der Waals surface area contributed by atoms with Crippen molar-refractivity contribution in [2.24, 2.45) is 5.41 Å². The SMILES string of the molecule is CCC1(C(=O)NOCC(=O)O)CCNC1. The highest BCUT2D eigenvalue weighted by Crippen LogP contribution is 2.29. The number of amides is 1. The monoisotopic (exact) mass is 216 g/mol. The van der Waals surface area contributed by atoms with Crippen molar-refractivity contribution in [1.29, 1.82) is 0 Å². The van der Waals surface area contributed by atoms with Crippen LogP contribution in [-0.2, 0) is 14.4 Å². The number of carboxylic acid groups (broad SMARTS) is 1. The fourth-order valence-corrected chi connectivity index (χ4v) is 1.67. The van der Waals surface area contributed by atoms with Gasteiger partial charge >= 0.3 is 5.97 Å². The summed E-state index contributed by atoms with van der Waals surface area (Å²) in [6.07, 6.45) is 1.47. The van der Waals surface area contributed by atoms with Crippen LogP contribution in [0.15, 0.2) is 0 Å². The molecular weight excluding hydrogens is 200 g/mol. The summed E-state index contributed by atoms with van der Waals surface area (Å²) in [4.78, 5) is 26.4. The summed E-state index contributed by atoms with van der Waals surface area (Å²) in [6.45, 7) is 2.84. The molecular formula is C9H16N2O4. The molecule has 15 heavy (non-hydrogen) atoms. The van der Waals surface area contributed by atoms with Crippen molar-refractivity contribution < 1.29 is 19.5 Å². The van der Waals surface area contributed by atoms with Crippen molar-refractivity contribution in [3.63, 3.8) is 0 Å². The van der Waals surface area contributed by atoms with Gasteiger partial charge in [-0.25, -0.2) is 10.3 Å². The zero-order valence-corrected chi connectivity index (χ0v) is 8.71. The molecule has 0 aromatic heterocycles. The van der Waals surface area contributed by atoms with Gasteiger partial charge in [0.2, 0.25) is 0 Å². The van der Waals surface area contributed by atoms with E-state index in [1.807, 2.05) is 6.92 Å². The second-order valence-electron chi connectivity index (χ2n) is 3.67. The highest BCUT2D eigenvalue weighted by molar-refractivity contribution is 5.82. The minimum Gasteiger partial charge on any atom is -0.479 e. The van der Waals surface area contributed by atoms with Crippen LogP contribution in [0.2, 0.25) is 0 Å². The maximum Gasteiger partial charge on any atom is 0.332 e. The Kier molecular flexibility index (Phi) is 4.05. The van der Waals surface area contributed by atoms with E-state index in [1.165, 1.54) is 0 Å². The number of hydroxylamine groups is 1. The van der Waals surface area contributed by atoms with Crippen LogP contribution in [0.5, 0.6) is 0 Å². The van der Waals surface area contributed by atoms with E-state index in [4.69, 9.17) is 5.11 Å². The quantitative estimate of drug-likeness (QED) is 0.540. The van der Waals surface area contributed by atoms with E-state index < -0.39 is 18.0 Å². The molecule has 0 aromatic rings. The fraction of sp³-hybridized carbons (Fsp3) is 0.778. The molecule has 3 N–H and O–H groups in total. The van der Waals surface area contributed by atoms with E-state index in [2.05, 4.69) is 15.6 Å². The summed E-state index contributed by atoms with van der Waals surface area (Å²) in [5.74, 6) is -1.35. The third-order valence-electron chi connectivity index (χ3n) is 2.76. The van der Waals surface area contributed by atoms with Crippen LogP contribution in [0.3, 0.4) is 0 Å². The van der Waals surface area contributed by atoms with Crippen molar-refractivity contribution >= 4 is 11.9 Å². The van der Waals surface area contributed by atoms with E-state index in [0.29, 0.717) is 13.0 Å². The lowest BCUT2D eigenvalue weighted by molar-refractivity contribution is -0.153. The summed E-state index contributed by atoms with van der Waals surface area (Å²) in [5.41, 5.74) is 1.74. The van der Waals surface area contributed by atoms with E-state index in [0.717, 1.165) is 13.0 Å². The van der Waals surface area contributed by atoms with Gasteiger partial charge in [0, 0.05) is 6.54 Å². The molecule has 6 heteroatoms. The van der Waals surface area contributed by atoms with E-state index in [-0.39, 0.29) is 5.91 Å². The van der Waals surface area contributed by atoms with Gasteiger partial charge in [0.15, 0.2) is 6.61 Å². The molecule has 0 bridgehead atoms. The molecule has 0 aromatic carbocycles. The molecule has 0 saturated carbocycles. The Labute approximate surface area is 87.9 Å². The third kappa shape index (κ3) is 2.90. The zero-order chi connectivity index (χ0) is 11.3. The maximum absolute atomic E-state index is 11.7. The summed E-state index contributed by atoms with van der Waals surface area (Å²) in [7, 11) is 0. The Balaban J connectivity index is 2.40. The number of nitrogens with one attached hydrogen (secondary N) is 2. The van der Waals surface area contributed by atoms with Gasteiger partial charge in [0.1, 0.15) is 0 Å². The van der Waals surface area contributed by atoms with Gasteiger partial charge in [-0.2, -0.15) is 0 Å². The van der Waals surface area contributed by atoms with Gasteiger partial charge < -0.3 is 10.4 Å². The lowest BCUT2D eigenvalue weighted by Gasteiger charge is -2.24. The van der Waals surface area contributed by atoms with Gasteiger partial charge in [-0.3, -0.25) is 9.63 Å². The Morgan fingerprint density at radius 2 is 2.33 bits per heavy atom. The normalized spacial score (nSPS) is 25.1. The molecule has 0 spiro atoms. The fourth-order valence-electron chi connectivity index (χ4n) is 1.67. The molecule has 1 saturated heterocycles. The number of aliphatic carboxylic acids is 1. The van der Waals surface area contributed by atoms with Crippen LogP contribution < -0.4 is 10.8 Å². The largest absolute Gasteiger partial charge is 0.479 e. The molecule has 0 aliphatic carbocycles. The molecule has 1 rings (SSSR count). The molecule has 1 fully saturated rings. The lowest BCUT2D eigenvalue weighted by atomic mass is 9.84. The minimum atomic E-state index is -1.11. The van der Waals surface area contributed by atoms with Crippen molar-refractivity contribution in [2.75, 3.05) is 19.7 Å². The first-order valence-corrected chi connectivity index (χ1v) is 4.95. The predicted molar refractivity (Wildman–Crippen MR) is 51.9 cm³/mol. The van der Waals surface area contributed by atoms with E-state index in [9.17, 15) is 9.59 Å². The van der Waals surface area contributed by atoms with Crippen LogP contribution in [0, 0.1) is 5.41 Å². The summed E-state index contributed by atoms with van der Waals surface area (Å²) in [6, 6.07) is 0. The van der Waals surface area contributed by atoms with Crippen molar-refractivity contribution in [3.05, 3.63) is 0 Å². The van der Waals surface area contributed by atoms with Gasteiger partial charge in [-0.1, -0.05) is 6.92 Å². The number of hydrogen-bond acceptors (Lipinski definition) is 4. The molecule has 1 unspecified atom stereocenters. The highest BCUT2D eigenvalue weighted by Gasteiger charge is 2.39. The van der Waals surface area contributed by atoms with Gasteiger partial charge in [-0.05, 0) is 19.4 Å². The number of rotatable bonds is 5. The molecule has 1 heterocycles.